The summed E-state index contributed by atoms with van der Waals surface area (Å²) in [5, 5.41) is 14.8. The number of thiophene rings is 1. The third-order valence-corrected chi connectivity index (χ3v) is 8.35. The summed E-state index contributed by atoms with van der Waals surface area (Å²) < 4.78 is 0. The van der Waals surface area contributed by atoms with Gasteiger partial charge in [0.25, 0.3) is 0 Å². The first-order valence-electron chi connectivity index (χ1n) is 13.3. The van der Waals surface area contributed by atoms with Crippen LogP contribution < -0.4 is 10.6 Å². The zero-order valence-electron chi connectivity index (χ0n) is 21.9. The molecule has 0 unspecified atom stereocenters. The number of piperidine rings is 1. The summed E-state index contributed by atoms with van der Waals surface area (Å²) in [6.45, 7) is 4.04. The lowest BCUT2D eigenvalue weighted by atomic mass is 9.94. The van der Waals surface area contributed by atoms with Gasteiger partial charge in [-0.2, -0.15) is 5.10 Å². The predicted octanol–water partition coefficient (Wildman–Crippen LogP) is 5.32. The van der Waals surface area contributed by atoms with E-state index < -0.39 is 0 Å². The van der Waals surface area contributed by atoms with Gasteiger partial charge < -0.3 is 15.6 Å². The van der Waals surface area contributed by atoms with Crippen molar-refractivity contribution < 1.29 is 4.79 Å². The number of imidazole rings is 1. The summed E-state index contributed by atoms with van der Waals surface area (Å²) in [5.74, 6) is 1.06. The minimum absolute atomic E-state index is 0.0157. The Bertz CT molecular complexity index is 1850. The molecule has 200 valence electrons. The lowest BCUT2D eigenvalue weighted by molar-refractivity contribution is -0.117. The van der Waals surface area contributed by atoms with Crippen LogP contribution in [-0.2, 0) is 4.79 Å². The van der Waals surface area contributed by atoms with Gasteiger partial charge in [0, 0.05) is 45.1 Å². The van der Waals surface area contributed by atoms with Crippen LogP contribution in [0.25, 0.3) is 55.3 Å². The molecule has 10 nitrogen and oxygen atoms in total. The summed E-state index contributed by atoms with van der Waals surface area (Å²) in [6.07, 6.45) is 9.53. The highest BCUT2D eigenvalue weighted by Gasteiger charge is 2.19. The number of anilines is 1. The smallest absolute Gasteiger partial charge is 0.224 e. The lowest BCUT2D eigenvalue weighted by Gasteiger charge is -2.21. The number of nitrogens with one attached hydrogen (secondary N) is 4. The Balaban J connectivity index is 1.19. The van der Waals surface area contributed by atoms with Crippen LogP contribution in [0.1, 0.15) is 24.1 Å². The molecule has 0 radical (unpaired) electrons. The van der Waals surface area contributed by atoms with Gasteiger partial charge in [0.1, 0.15) is 5.69 Å². The number of aromatic amines is 2. The summed E-state index contributed by atoms with van der Waals surface area (Å²) in [4.78, 5) is 36.8. The molecule has 6 aromatic rings. The highest BCUT2D eigenvalue weighted by atomic mass is 32.1. The second-order valence-electron chi connectivity index (χ2n) is 10.1. The number of aromatic nitrogens is 7. The monoisotopic (exact) mass is 549 g/mol. The third-order valence-electron chi connectivity index (χ3n) is 7.32. The van der Waals surface area contributed by atoms with E-state index in [0.717, 1.165) is 64.0 Å². The van der Waals surface area contributed by atoms with Crippen LogP contribution in [0, 0.1) is 12.8 Å². The summed E-state index contributed by atoms with van der Waals surface area (Å²) >= 11 is 1.74. The minimum Gasteiger partial charge on any atom is -0.335 e. The Hall–Kier alpha value is -4.48. The average molecular weight is 550 g/mol. The van der Waals surface area contributed by atoms with Crippen molar-refractivity contribution in [1.82, 2.24) is 40.4 Å². The molecule has 1 amide bonds. The summed E-state index contributed by atoms with van der Waals surface area (Å²) in [7, 11) is 0. The van der Waals surface area contributed by atoms with E-state index in [0.29, 0.717) is 35.2 Å². The third kappa shape index (κ3) is 4.74. The maximum atomic E-state index is 12.7. The van der Waals surface area contributed by atoms with E-state index in [4.69, 9.17) is 4.98 Å². The van der Waals surface area contributed by atoms with Crippen LogP contribution in [0.2, 0.25) is 0 Å². The fourth-order valence-corrected chi connectivity index (χ4v) is 6.17. The van der Waals surface area contributed by atoms with Gasteiger partial charge in [0.15, 0.2) is 11.5 Å². The van der Waals surface area contributed by atoms with E-state index in [-0.39, 0.29) is 5.91 Å². The first-order valence-corrected chi connectivity index (χ1v) is 14.1. The number of amides is 1. The summed E-state index contributed by atoms with van der Waals surface area (Å²) in [6, 6.07) is 10.1. The molecule has 0 aromatic carbocycles. The van der Waals surface area contributed by atoms with Gasteiger partial charge in [0.05, 0.1) is 34.8 Å². The average Bonchev–Trinajstić information content (AvgIpc) is 3.71. The molecule has 0 aliphatic carbocycles. The topological polar surface area (TPSA) is 137 Å². The largest absolute Gasteiger partial charge is 0.335 e. The molecule has 7 rings (SSSR count). The van der Waals surface area contributed by atoms with Crippen LogP contribution in [0.3, 0.4) is 0 Å². The molecule has 1 saturated heterocycles. The number of aryl methyl sites for hydroxylation is 1. The molecule has 1 aliphatic heterocycles. The number of pyridine rings is 3. The number of hydrogen-bond donors (Lipinski definition) is 4. The van der Waals surface area contributed by atoms with E-state index in [1.807, 2.05) is 18.2 Å². The molecule has 6 aromatic heterocycles. The second-order valence-corrected chi connectivity index (χ2v) is 11.4. The van der Waals surface area contributed by atoms with Gasteiger partial charge in [-0.05, 0) is 69.1 Å². The summed E-state index contributed by atoms with van der Waals surface area (Å²) in [5.41, 5.74) is 6.24. The Morgan fingerprint density at radius 1 is 1.10 bits per heavy atom. The fraction of sp³-hybridized carbons (Fsp3) is 0.241. The number of carbonyl (C=O) groups is 1. The van der Waals surface area contributed by atoms with Crippen LogP contribution in [0.15, 0.2) is 55.1 Å². The molecule has 0 bridgehead atoms. The Kier molecular flexibility index (Phi) is 6.29. The zero-order chi connectivity index (χ0) is 27.1. The molecule has 1 fully saturated rings. The Morgan fingerprint density at radius 2 is 2.00 bits per heavy atom. The number of nitrogens with zero attached hydrogens (tertiary/aromatic N) is 5. The quantitative estimate of drug-likeness (QED) is 0.221. The maximum Gasteiger partial charge on any atom is 0.224 e. The highest BCUT2D eigenvalue weighted by molar-refractivity contribution is 7.15. The van der Waals surface area contributed by atoms with Crippen molar-refractivity contribution in [3.63, 3.8) is 0 Å². The number of H-pyrrole nitrogens is 2. The van der Waals surface area contributed by atoms with Crippen LogP contribution >= 0.6 is 11.3 Å². The van der Waals surface area contributed by atoms with Crippen molar-refractivity contribution in [1.29, 1.82) is 0 Å². The normalized spacial score (nSPS) is 14.2. The maximum absolute atomic E-state index is 12.7. The van der Waals surface area contributed by atoms with Crippen molar-refractivity contribution in [2.45, 2.75) is 26.2 Å². The fourth-order valence-electron chi connectivity index (χ4n) is 5.27. The first kappa shape index (κ1) is 24.6. The van der Waals surface area contributed by atoms with E-state index in [9.17, 15) is 4.79 Å². The molecule has 1 aliphatic rings. The van der Waals surface area contributed by atoms with Gasteiger partial charge in [-0.3, -0.25) is 19.9 Å². The molecule has 0 spiro atoms. The standard InChI is InChI=1S/C29H27N9OS/c1-16-2-3-24(40-16)20-6-9-32-28-26(20)35-29(36-28)27-21-12-22(33-15-23(21)37-38-27)18-11-19(14-31-13-18)34-25(39)10-17-4-7-30-8-5-17/h2-3,6,9,11-15,17,30H,4-5,7-8,10H2,1H3,(H,34,39)(H,37,38)(H,32,35,36). The molecule has 0 atom stereocenters. The van der Waals surface area contributed by atoms with E-state index >= 15 is 0 Å². The van der Waals surface area contributed by atoms with E-state index in [1.54, 1.807) is 36.1 Å². The van der Waals surface area contributed by atoms with Gasteiger partial charge >= 0.3 is 0 Å². The molecule has 4 N–H and O–H groups in total. The molecule has 11 heteroatoms. The van der Waals surface area contributed by atoms with Gasteiger partial charge in [0.2, 0.25) is 5.91 Å². The van der Waals surface area contributed by atoms with Crippen molar-refractivity contribution in [3.8, 4) is 33.2 Å². The van der Waals surface area contributed by atoms with Crippen molar-refractivity contribution in [3.05, 3.63) is 60.0 Å². The lowest BCUT2D eigenvalue weighted by Crippen LogP contribution is -2.30. The Morgan fingerprint density at radius 3 is 2.85 bits per heavy atom. The van der Waals surface area contributed by atoms with Crippen molar-refractivity contribution in [2.75, 3.05) is 18.4 Å². The van der Waals surface area contributed by atoms with Crippen molar-refractivity contribution in [2.24, 2.45) is 5.92 Å². The Labute approximate surface area is 233 Å². The number of rotatable bonds is 6. The molecule has 40 heavy (non-hydrogen) atoms. The van der Waals surface area contributed by atoms with Gasteiger partial charge in [-0.25, -0.2) is 9.97 Å². The van der Waals surface area contributed by atoms with Gasteiger partial charge in [-0.1, -0.05) is 0 Å². The minimum atomic E-state index is 0.0157. The number of carbonyl (C=O) groups excluding carboxylic acids is 1. The molecular weight excluding hydrogens is 522 g/mol. The number of fused-ring (bicyclic) bond motifs is 2. The van der Waals surface area contributed by atoms with Crippen molar-refractivity contribution >= 4 is 45.0 Å². The van der Waals surface area contributed by atoms with Crippen LogP contribution in [0.5, 0.6) is 0 Å². The SMILES string of the molecule is Cc1ccc(-c2ccnc3nc(-c4n[nH]c5cnc(-c6cncc(NC(=O)CC7CCNCC7)c6)cc45)[nH]c23)s1. The number of hydrogen-bond acceptors (Lipinski definition) is 8. The van der Waals surface area contributed by atoms with E-state index in [1.165, 1.54) is 4.88 Å². The van der Waals surface area contributed by atoms with Crippen LogP contribution in [-0.4, -0.2) is 54.1 Å². The highest BCUT2D eigenvalue weighted by Crippen LogP contribution is 2.34. The van der Waals surface area contributed by atoms with Crippen LogP contribution in [0.4, 0.5) is 5.69 Å². The zero-order valence-corrected chi connectivity index (χ0v) is 22.7. The van der Waals surface area contributed by atoms with E-state index in [2.05, 4.69) is 59.8 Å². The predicted molar refractivity (Wildman–Crippen MR) is 157 cm³/mol. The molecular formula is C29H27N9OS. The molecule has 7 heterocycles. The second kappa shape index (κ2) is 10.2. The van der Waals surface area contributed by atoms with Gasteiger partial charge in [-0.15, -0.1) is 11.3 Å². The first-order chi connectivity index (χ1) is 19.6. The molecule has 0 saturated carbocycles.